The van der Waals surface area contributed by atoms with Crippen molar-refractivity contribution < 1.29 is 17.9 Å². The topological polar surface area (TPSA) is 97.7 Å². The lowest BCUT2D eigenvalue weighted by Gasteiger charge is -2.43. The highest BCUT2D eigenvalue weighted by Gasteiger charge is 2.38. The third kappa shape index (κ3) is 4.32. The summed E-state index contributed by atoms with van der Waals surface area (Å²) >= 11 is 0. The molecule has 2 atom stereocenters. The van der Waals surface area contributed by atoms with Gasteiger partial charge < -0.3 is 14.2 Å². The number of ether oxygens (including phenoxy) is 1. The van der Waals surface area contributed by atoms with Crippen molar-refractivity contribution in [2.75, 3.05) is 30.7 Å². The molecule has 1 aromatic carbocycles. The highest BCUT2D eigenvalue weighted by molar-refractivity contribution is 7.92. The van der Waals surface area contributed by atoms with Gasteiger partial charge >= 0.3 is 0 Å². The van der Waals surface area contributed by atoms with Crippen molar-refractivity contribution >= 4 is 21.6 Å². The van der Waals surface area contributed by atoms with Crippen molar-refractivity contribution in [3.63, 3.8) is 0 Å². The molecule has 2 bridgehead atoms. The third-order valence-electron chi connectivity index (χ3n) is 5.95. The standard InChI is InChI=1S/C22H27N3O5S/c1-3-10-31(28,29)23-19-8-9-20(26)25-13-15-11-17(21(19)25)14-24(12-15)22(27)16-4-6-18(30-2)7-5-16/h4-9,15,17,23H,3,10-14H2,1-2H3. The second-order valence-electron chi connectivity index (χ2n) is 8.24. The van der Waals surface area contributed by atoms with Gasteiger partial charge in [-0.1, -0.05) is 6.92 Å². The number of likely N-dealkylation sites (tertiary alicyclic amines) is 1. The lowest BCUT2D eigenvalue weighted by atomic mass is 9.82. The van der Waals surface area contributed by atoms with Crippen LogP contribution in [-0.2, 0) is 16.6 Å². The third-order valence-corrected chi connectivity index (χ3v) is 7.43. The van der Waals surface area contributed by atoms with Crippen LogP contribution < -0.4 is 15.0 Å². The van der Waals surface area contributed by atoms with Crippen LogP contribution in [0.4, 0.5) is 5.69 Å². The Morgan fingerprint density at radius 1 is 1.13 bits per heavy atom. The van der Waals surface area contributed by atoms with Gasteiger partial charge in [0.25, 0.3) is 11.5 Å². The lowest BCUT2D eigenvalue weighted by molar-refractivity contribution is 0.0595. The average molecular weight is 446 g/mol. The minimum absolute atomic E-state index is 0.0148. The minimum Gasteiger partial charge on any atom is -0.497 e. The van der Waals surface area contributed by atoms with E-state index in [1.807, 2.05) is 4.90 Å². The van der Waals surface area contributed by atoms with Crippen LogP contribution in [0, 0.1) is 5.92 Å². The first-order valence-electron chi connectivity index (χ1n) is 10.5. The molecule has 0 aliphatic carbocycles. The number of pyridine rings is 1. The number of methoxy groups -OCH3 is 1. The smallest absolute Gasteiger partial charge is 0.253 e. The summed E-state index contributed by atoms with van der Waals surface area (Å²) in [5, 5.41) is 0. The molecule has 2 aromatic rings. The van der Waals surface area contributed by atoms with E-state index in [1.54, 1.807) is 48.9 Å². The Labute approximate surface area is 181 Å². The number of rotatable bonds is 6. The molecule has 1 fully saturated rings. The maximum atomic E-state index is 13.1. The molecule has 1 N–H and O–H groups in total. The van der Waals surface area contributed by atoms with E-state index in [2.05, 4.69) is 4.72 Å². The number of anilines is 1. The molecule has 2 unspecified atom stereocenters. The fourth-order valence-corrected chi connectivity index (χ4v) is 5.82. The van der Waals surface area contributed by atoms with Crippen molar-refractivity contribution in [3.05, 3.63) is 58.0 Å². The van der Waals surface area contributed by atoms with Crippen LogP contribution in [0.15, 0.2) is 41.2 Å². The van der Waals surface area contributed by atoms with Gasteiger partial charge in [-0.15, -0.1) is 0 Å². The zero-order valence-electron chi connectivity index (χ0n) is 17.7. The number of carbonyl (C=O) groups excluding carboxylic acids is 1. The molecule has 0 saturated carbocycles. The molecule has 8 nitrogen and oxygen atoms in total. The van der Waals surface area contributed by atoms with E-state index < -0.39 is 10.0 Å². The van der Waals surface area contributed by atoms with E-state index in [1.165, 1.54) is 6.07 Å². The predicted octanol–water partition coefficient (Wildman–Crippen LogP) is 2.27. The van der Waals surface area contributed by atoms with E-state index >= 15 is 0 Å². The average Bonchev–Trinajstić information content (AvgIpc) is 2.75. The second-order valence-corrected chi connectivity index (χ2v) is 10.1. The van der Waals surface area contributed by atoms with Gasteiger partial charge in [-0.3, -0.25) is 14.3 Å². The van der Waals surface area contributed by atoms with Gasteiger partial charge in [-0.05, 0) is 49.1 Å². The summed E-state index contributed by atoms with van der Waals surface area (Å²) in [5.74, 6) is 0.666. The van der Waals surface area contributed by atoms with Crippen LogP contribution in [0.2, 0.25) is 0 Å². The molecule has 31 heavy (non-hydrogen) atoms. The number of fused-ring (bicyclic) bond motifs is 4. The Hall–Kier alpha value is -2.81. The molecule has 2 aliphatic heterocycles. The summed E-state index contributed by atoms with van der Waals surface area (Å²) in [6.07, 6.45) is 1.32. The summed E-state index contributed by atoms with van der Waals surface area (Å²) in [6.45, 7) is 3.28. The summed E-state index contributed by atoms with van der Waals surface area (Å²) in [7, 11) is -1.92. The number of amides is 1. The van der Waals surface area contributed by atoms with E-state index in [4.69, 9.17) is 4.74 Å². The SMILES string of the molecule is CCCS(=O)(=O)Nc1ccc(=O)n2c1C1CC(CN(C(=O)c3ccc(OC)cc3)C1)C2. The molecule has 9 heteroatoms. The van der Waals surface area contributed by atoms with Crippen molar-refractivity contribution in [2.45, 2.75) is 32.2 Å². The molecule has 1 aromatic heterocycles. The van der Waals surface area contributed by atoms with Crippen LogP contribution >= 0.6 is 0 Å². The van der Waals surface area contributed by atoms with Gasteiger partial charge in [0.1, 0.15) is 5.75 Å². The number of nitrogens with one attached hydrogen (secondary N) is 1. The Morgan fingerprint density at radius 3 is 2.55 bits per heavy atom. The zero-order valence-corrected chi connectivity index (χ0v) is 18.5. The quantitative estimate of drug-likeness (QED) is 0.736. The number of nitrogens with zero attached hydrogens (tertiary/aromatic N) is 2. The second kappa shape index (κ2) is 8.37. The first-order valence-corrected chi connectivity index (χ1v) is 12.1. The molecule has 4 rings (SSSR count). The van der Waals surface area contributed by atoms with Gasteiger partial charge in [0, 0.05) is 37.2 Å². The van der Waals surface area contributed by atoms with E-state index in [0.717, 1.165) is 6.42 Å². The lowest BCUT2D eigenvalue weighted by Crippen LogP contribution is -2.49. The van der Waals surface area contributed by atoms with E-state index in [-0.39, 0.29) is 29.1 Å². The highest BCUT2D eigenvalue weighted by atomic mass is 32.2. The minimum atomic E-state index is -3.50. The molecule has 166 valence electrons. The predicted molar refractivity (Wildman–Crippen MR) is 118 cm³/mol. The first kappa shape index (κ1) is 21.4. The van der Waals surface area contributed by atoms with E-state index in [0.29, 0.717) is 48.7 Å². The maximum Gasteiger partial charge on any atom is 0.253 e. The molecular formula is C22H27N3O5S. The van der Waals surface area contributed by atoms with Crippen molar-refractivity contribution in [1.29, 1.82) is 0 Å². The van der Waals surface area contributed by atoms with Crippen molar-refractivity contribution in [1.82, 2.24) is 9.47 Å². The Kier molecular flexibility index (Phi) is 5.79. The number of aromatic nitrogens is 1. The molecule has 0 radical (unpaired) electrons. The molecule has 3 heterocycles. The van der Waals surface area contributed by atoms with Crippen molar-refractivity contribution in [2.24, 2.45) is 5.92 Å². The van der Waals surface area contributed by atoms with Gasteiger partial charge in [0.15, 0.2) is 0 Å². The van der Waals surface area contributed by atoms with Gasteiger partial charge in [-0.2, -0.15) is 0 Å². The summed E-state index contributed by atoms with van der Waals surface area (Å²) in [5.41, 5.74) is 1.55. The number of benzene rings is 1. The Bertz CT molecular complexity index is 1140. The fourth-order valence-electron chi connectivity index (χ4n) is 4.67. The van der Waals surface area contributed by atoms with Crippen LogP contribution in [0.5, 0.6) is 5.75 Å². The van der Waals surface area contributed by atoms with Gasteiger partial charge in [-0.25, -0.2) is 8.42 Å². The summed E-state index contributed by atoms with van der Waals surface area (Å²) < 4.78 is 34.3. The Balaban J connectivity index is 1.64. The molecule has 0 spiro atoms. The molecule has 1 saturated heterocycles. The largest absolute Gasteiger partial charge is 0.497 e. The van der Waals surface area contributed by atoms with E-state index in [9.17, 15) is 18.0 Å². The molecular weight excluding hydrogens is 418 g/mol. The molecule has 1 amide bonds. The van der Waals surface area contributed by atoms with Crippen LogP contribution in [0.3, 0.4) is 0 Å². The Morgan fingerprint density at radius 2 is 1.87 bits per heavy atom. The normalized spacial score (nSPS) is 20.1. The van der Waals surface area contributed by atoms with Crippen LogP contribution in [0.1, 0.15) is 41.7 Å². The van der Waals surface area contributed by atoms with Crippen molar-refractivity contribution in [3.8, 4) is 5.75 Å². The van der Waals surface area contributed by atoms with Gasteiger partial charge in [0.2, 0.25) is 10.0 Å². The fraction of sp³-hybridized carbons (Fsp3) is 0.455. The maximum absolute atomic E-state index is 13.1. The summed E-state index contributed by atoms with van der Waals surface area (Å²) in [6, 6.07) is 9.96. The highest BCUT2D eigenvalue weighted by Crippen LogP contribution is 2.39. The first-order chi connectivity index (χ1) is 14.8. The van der Waals surface area contributed by atoms with Gasteiger partial charge in [0.05, 0.1) is 24.2 Å². The molecule has 2 aliphatic rings. The number of sulfonamides is 1. The zero-order chi connectivity index (χ0) is 22.2. The van der Waals surface area contributed by atoms with Crippen LogP contribution in [0.25, 0.3) is 0 Å². The number of hydrogen-bond donors (Lipinski definition) is 1. The number of piperidine rings is 1. The number of hydrogen-bond acceptors (Lipinski definition) is 5. The summed E-state index contributed by atoms with van der Waals surface area (Å²) in [4.78, 5) is 27.5. The monoisotopic (exact) mass is 445 g/mol. The van der Waals surface area contributed by atoms with Crippen LogP contribution in [-0.4, -0.2) is 49.7 Å². The number of carbonyl (C=O) groups is 1.